The number of hydrazone groups is 1. The number of hydrogen-bond donors (Lipinski definition) is 1. The molecule has 0 unspecified atom stereocenters. The molecule has 0 saturated carbocycles. The van der Waals surface area contributed by atoms with E-state index in [4.69, 9.17) is 0 Å². The molecule has 0 bridgehead atoms. The van der Waals surface area contributed by atoms with Gasteiger partial charge in [0.25, 0.3) is 10.0 Å². The van der Waals surface area contributed by atoms with Crippen LogP contribution < -0.4 is 4.83 Å². The van der Waals surface area contributed by atoms with Crippen LogP contribution in [0.5, 0.6) is 0 Å². The van der Waals surface area contributed by atoms with Gasteiger partial charge >= 0.3 is 0 Å². The van der Waals surface area contributed by atoms with E-state index in [0.717, 1.165) is 16.8 Å². The Morgan fingerprint density at radius 1 is 1.12 bits per heavy atom. The molecule has 0 aliphatic rings. The highest BCUT2D eigenvalue weighted by atomic mass is 32.2. The second-order valence-electron chi connectivity index (χ2n) is 5.95. The topological polar surface area (TPSA) is 89.2 Å². The van der Waals surface area contributed by atoms with Crippen molar-refractivity contribution in [2.45, 2.75) is 25.7 Å². The zero-order valence-electron chi connectivity index (χ0n) is 14.7. The Bertz CT molecular complexity index is 1040. The Morgan fingerprint density at radius 3 is 2.50 bits per heavy atom. The molecule has 26 heavy (non-hydrogen) atoms. The molecule has 134 valence electrons. The molecule has 0 amide bonds. The van der Waals surface area contributed by atoms with Crippen LogP contribution in [-0.2, 0) is 10.0 Å². The minimum absolute atomic E-state index is 0.232. The summed E-state index contributed by atoms with van der Waals surface area (Å²) < 4.78 is 26.7. The molecular formula is C18H19N5O2S. The molecule has 0 fully saturated rings. The van der Waals surface area contributed by atoms with Gasteiger partial charge in [0.15, 0.2) is 0 Å². The van der Waals surface area contributed by atoms with Crippen LogP contribution in [0.3, 0.4) is 0 Å². The zero-order valence-corrected chi connectivity index (χ0v) is 15.5. The molecule has 1 heterocycles. The van der Waals surface area contributed by atoms with Gasteiger partial charge in [-0.1, -0.05) is 24.3 Å². The SMILES string of the molecule is C/C(=N\NS(=O)(=O)c1cc(C)ccc1C)c1ccc(-n2cncn2)cc1. The van der Waals surface area contributed by atoms with E-state index < -0.39 is 10.0 Å². The summed E-state index contributed by atoms with van der Waals surface area (Å²) >= 11 is 0. The maximum atomic E-state index is 12.5. The van der Waals surface area contributed by atoms with Gasteiger partial charge in [0, 0.05) is 0 Å². The van der Waals surface area contributed by atoms with Gasteiger partial charge in [-0.3, -0.25) is 0 Å². The van der Waals surface area contributed by atoms with E-state index in [1.54, 1.807) is 37.0 Å². The second-order valence-corrected chi connectivity index (χ2v) is 7.58. The van der Waals surface area contributed by atoms with Gasteiger partial charge in [-0.25, -0.2) is 9.67 Å². The first-order valence-corrected chi connectivity index (χ1v) is 9.44. The van der Waals surface area contributed by atoms with Gasteiger partial charge in [-0.05, 0) is 55.7 Å². The minimum Gasteiger partial charge on any atom is -0.223 e. The van der Waals surface area contributed by atoms with Crippen molar-refractivity contribution in [3.05, 3.63) is 71.8 Å². The first kappa shape index (κ1) is 17.8. The smallest absolute Gasteiger partial charge is 0.223 e. The molecule has 8 heteroatoms. The lowest BCUT2D eigenvalue weighted by atomic mass is 10.1. The van der Waals surface area contributed by atoms with Crippen molar-refractivity contribution in [2.75, 3.05) is 0 Å². The first-order valence-electron chi connectivity index (χ1n) is 7.95. The summed E-state index contributed by atoms with van der Waals surface area (Å²) in [6.45, 7) is 5.35. The normalized spacial score (nSPS) is 12.2. The average Bonchev–Trinajstić information content (AvgIpc) is 3.16. The predicted molar refractivity (Wildman–Crippen MR) is 99.8 cm³/mol. The molecule has 3 aromatic rings. The summed E-state index contributed by atoms with van der Waals surface area (Å²) in [6.07, 6.45) is 3.07. The zero-order chi connectivity index (χ0) is 18.7. The van der Waals surface area contributed by atoms with Gasteiger partial charge in [0.05, 0.1) is 16.3 Å². The van der Waals surface area contributed by atoms with E-state index in [1.807, 2.05) is 37.3 Å². The third-order valence-electron chi connectivity index (χ3n) is 3.94. The van der Waals surface area contributed by atoms with Crippen molar-refractivity contribution in [3.63, 3.8) is 0 Å². The van der Waals surface area contributed by atoms with E-state index in [0.29, 0.717) is 11.3 Å². The highest BCUT2D eigenvalue weighted by molar-refractivity contribution is 7.89. The van der Waals surface area contributed by atoms with E-state index >= 15 is 0 Å². The number of benzene rings is 2. The van der Waals surface area contributed by atoms with Crippen molar-refractivity contribution in [3.8, 4) is 5.69 Å². The van der Waals surface area contributed by atoms with Crippen molar-refractivity contribution < 1.29 is 8.42 Å². The minimum atomic E-state index is -3.72. The lowest BCUT2D eigenvalue weighted by Gasteiger charge is -2.09. The lowest BCUT2D eigenvalue weighted by Crippen LogP contribution is -2.21. The largest absolute Gasteiger partial charge is 0.276 e. The number of aromatic nitrogens is 3. The maximum absolute atomic E-state index is 12.5. The quantitative estimate of drug-likeness (QED) is 0.553. The number of nitrogens with one attached hydrogen (secondary N) is 1. The summed E-state index contributed by atoms with van der Waals surface area (Å²) in [4.78, 5) is 6.45. The molecule has 7 nitrogen and oxygen atoms in total. The van der Waals surface area contributed by atoms with E-state index in [9.17, 15) is 8.42 Å². The molecule has 0 aliphatic heterocycles. The van der Waals surface area contributed by atoms with Crippen LogP contribution in [0.25, 0.3) is 5.69 Å². The number of aryl methyl sites for hydroxylation is 2. The van der Waals surface area contributed by atoms with Crippen molar-refractivity contribution in [1.29, 1.82) is 0 Å². The Morgan fingerprint density at radius 2 is 1.85 bits per heavy atom. The summed E-state index contributed by atoms with van der Waals surface area (Å²) in [7, 11) is -3.72. The van der Waals surface area contributed by atoms with Crippen LogP contribution in [0.2, 0.25) is 0 Å². The molecular weight excluding hydrogens is 350 g/mol. The van der Waals surface area contributed by atoms with Crippen molar-refractivity contribution in [2.24, 2.45) is 5.10 Å². The molecule has 0 aliphatic carbocycles. The lowest BCUT2D eigenvalue weighted by molar-refractivity contribution is 0.583. The van der Waals surface area contributed by atoms with Crippen molar-refractivity contribution in [1.82, 2.24) is 19.6 Å². The third-order valence-corrected chi connectivity index (χ3v) is 5.29. The third kappa shape index (κ3) is 3.80. The van der Waals surface area contributed by atoms with Gasteiger partial charge in [-0.2, -0.15) is 23.4 Å². The molecule has 0 saturated heterocycles. The highest BCUT2D eigenvalue weighted by Gasteiger charge is 2.16. The van der Waals surface area contributed by atoms with Crippen LogP contribution in [-0.4, -0.2) is 28.9 Å². The summed E-state index contributed by atoms with van der Waals surface area (Å²) in [5.74, 6) is 0. The molecule has 1 aromatic heterocycles. The Balaban J connectivity index is 1.80. The molecule has 3 rings (SSSR count). The summed E-state index contributed by atoms with van der Waals surface area (Å²) in [5.41, 5.74) is 3.77. The number of sulfonamides is 1. The standard InChI is InChI=1S/C18H19N5O2S/c1-13-4-5-14(2)18(10-13)26(24,25)22-21-15(3)16-6-8-17(9-7-16)23-12-19-11-20-23/h4-12,22H,1-3H3/b21-15+. The van der Waals surface area contributed by atoms with Crippen LogP contribution in [0.1, 0.15) is 23.6 Å². The molecule has 0 atom stereocenters. The molecule has 1 N–H and O–H groups in total. The second kappa shape index (κ2) is 7.09. The average molecular weight is 369 g/mol. The van der Waals surface area contributed by atoms with Crippen LogP contribution in [0.4, 0.5) is 0 Å². The fourth-order valence-corrected chi connectivity index (χ4v) is 3.62. The van der Waals surface area contributed by atoms with E-state index in [-0.39, 0.29) is 4.90 Å². The van der Waals surface area contributed by atoms with E-state index in [1.165, 1.54) is 6.33 Å². The van der Waals surface area contributed by atoms with Crippen molar-refractivity contribution >= 4 is 15.7 Å². The van der Waals surface area contributed by atoms with Gasteiger partial charge in [-0.15, -0.1) is 0 Å². The van der Waals surface area contributed by atoms with Crippen LogP contribution in [0.15, 0.2) is 65.1 Å². The maximum Gasteiger partial charge on any atom is 0.276 e. The predicted octanol–water partition coefficient (Wildman–Crippen LogP) is 2.59. The Labute approximate surface area is 152 Å². The summed E-state index contributed by atoms with van der Waals surface area (Å²) in [5, 5.41) is 8.11. The fourth-order valence-electron chi connectivity index (χ4n) is 2.44. The fraction of sp³-hybridized carbons (Fsp3) is 0.167. The Kier molecular flexibility index (Phi) is 4.85. The van der Waals surface area contributed by atoms with Gasteiger partial charge in [0.2, 0.25) is 0 Å². The Hall–Kier alpha value is -3.00. The van der Waals surface area contributed by atoms with Gasteiger partial charge in [0.1, 0.15) is 12.7 Å². The van der Waals surface area contributed by atoms with Crippen LogP contribution >= 0.6 is 0 Å². The number of rotatable bonds is 5. The number of hydrogen-bond acceptors (Lipinski definition) is 5. The monoisotopic (exact) mass is 369 g/mol. The highest BCUT2D eigenvalue weighted by Crippen LogP contribution is 2.16. The van der Waals surface area contributed by atoms with E-state index in [2.05, 4.69) is 20.0 Å². The first-order chi connectivity index (χ1) is 12.4. The number of nitrogens with zero attached hydrogens (tertiary/aromatic N) is 4. The molecule has 2 aromatic carbocycles. The molecule has 0 spiro atoms. The summed E-state index contributed by atoms with van der Waals surface area (Å²) in [6, 6.07) is 12.7. The van der Waals surface area contributed by atoms with Gasteiger partial charge < -0.3 is 0 Å². The molecule has 0 radical (unpaired) electrons. The van der Waals surface area contributed by atoms with Crippen LogP contribution in [0, 0.1) is 13.8 Å².